The van der Waals surface area contributed by atoms with Crippen molar-refractivity contribution in [3.63, 3.8) is 0 Å². The molecule has 0 unspecified atom stereocenters. The molecule has 0 radical (unpaired) electrons. The summed E-state index contributed by atoms with van der Waals surface area (Å²) >= 11 is 5.97. The van der Waals surface area contributed by atoms with Gasteiger partial charge < -0.3 is 9.80 Å². The summed E-state index contributed by atoms with van der Waals surface area (Å²) in [6, 6.07) is 14.3. The summed E-state index contributed by atoms with van der Waals surface area (Å²) in [5, 5.41) is 0.155. The van der Waals surface area contributed by atoms with Crippen LogP contribution in [0, 0.1) is 0 Å². The van der Waals surface area contributed by atoms with Crippen molar-refractivity contribution in [1.29, 1.82) is 0 Å². The molecule has 1 aliphatic rings. The Kier molecular flexibility index (Phi) is 6.27. The number of nitrogens with zero attached hydrogens (tertiary/aromatic N) is 2. The zero-order chi connectivity index (χ0) is 20.3. The Hall–Kier alpha value is -2.09. The van der Waals surface area contributed by atoms with Crippen LogP contribution in [0.5, 0.6) is 0 Å². The van der Waals surface area contributed by atoms with Crippen LogP contribution in [0.1, 0.15) is 18.9 Å². The number of nitrogens with one attached hydrogen (secondary N) is 1. The van der Waals surface area contributed by atoms with E-state index in [4.69, 9.17) is 11.6 Å². The van der Waals surface area contributed by atoms with Crippen molar-refractivity contribution in [1.82, 2.24) is 9.62 Å². The molecule has 1 N–H and O–H groups in total. The maximum atomic E-state index is 12.8. The molecule has 8 heteroatoms. The maximum Gasteiger partial charge on any atom is 0.242 e. The van der Waals surface area contributed by atoms with Gasteiger partial charge >= 0.3 is 0 Å². The van der Waals surface area contributed by atoms with Crippen LogP contribution in [-0.4, -0.2) is 45.4 Å². The van der Waals surface area contributed by atoms with E-state index in [1.165, 1.54) is 12.1 Å². The first-order valence-corrected chi connectivity index (χ1v) is 11.0. The molecule has 0 saturated heterocycles. The molecule has 1 aliphatic heterocycles. The van der Waals surface area contributed by atoms with Crippen molar-refractivity contribution >= 4 is 33.2 Å². The minimum absolute atomic E-state index is 0.0165. The average molecular weight is 422 g/mol. The van der Waals surface area contributed by atoms with Gasteiger partial charge in [0.25, 0.3) is 0 Å². The Morgan fingerprint density at radius 2 is 1.86 bits per heavy atom. The molecule has 0 aliphatic carbocycles. The van der Waals surface area contributed by atoms with E-state index in [1.54, 1.807) is 12.1 Å². The Balaban J connectivity index is 1.66. The van der Waals surface area contributed by atoms with Crippen LogP contribution >= 0.6 is 11.6 Å². The van der Waals surface area contributed by atoms with Crippen LogP contribution in [-0.2, 0) is 21.4 Å². The minimum Gasteiger partial charge on any atom is -0.372 e. The highest BCUT2D eigenvalue weighted by Gasteiger charge is 2.27. The van der Waals surface area contributed by atoms with E-state index >= 15 is 0 Å². The summed E-state index contributed by atoms with van der Waals surface area (Å²) in [4.78, 5) is 16.8. The van der Waals surface area contributed by atoms with Crippen molar-refractivity contribution in [2.45, 2.75) is 30.8 Å². The van der Waals surface area contributed by atoms with Crippen molar-refractivity contribution in [2.75, 3.05) is 25.0 Å². The van der Waals surface area contributed by atoms with E-state index in [-0.39, 0.29) is 34.8 Å². The maximum absolute atomic E-state index is 12.8. The van der Waals surface area contributed by atoms with Gasteiger partial charge in [-0.15, -0.1) is 0 Å². The van der Waals surface area contributed by atoms with E-state index < -0.39 is 10.0 Å². The van der Waals surface area contributed by atoms with Gasteiger partial charge in [0.05, 0.1) is 5.02 Å². The molecule has 0 fully saturated rings. The molecule has 2 aromatic carbocycles. The molecular weight excluding hydrogens is 398 g/mol. The Morgan fingerprint density at radius 3 is 2.61 bits per heavy atom. The van der Waals surface area contributed by atoms with Crippen LogP contribution in [0.4, 0.5) is 5.69 Å². The van der Waals surface area contributed by atoms with Crippen LogP contribution in [0.2, 0.25) is 5.02 Å². The number of anilines is 1. The first kappa shape index (κ1) is 20.6. The zero-order valence-corrected chi connectivity index (χ0v) is 17.5. The molecule has 0 aromatic heterocycles. The highest BCUT2D eigenvalue weighted by molar-refractivity contribution is 7.89. The fourth-order valence-corrected chi connectivity index (χ4v) is 5.01. The highest BCUT2D eigenvalue weighted by Crippen LogP contribution is 2.26. The van der Waals surface area contributed by atoms with Crippen LogP contribution in [0.15, 0.2) is 53.4 Å². The Labute approximate surface area is 171 Å². The number of carbonyl (C=O) groups is 1. The van der Waals surface area contributed by atoms with Gasteiger partial charge in [0.15, 0.2) is 0 Å². The third kappa shape index (κ3) is 4.48. The van der Waals surface area contributed by atoms with Crippen molar-refractivity contribution in [3.05, 3.63) is 59.1 Å². The average Bonchev–Trinajstić information content (AvgIpc) is 2.78. The lowest BCUT2D eigenvalue weighted by Crippen LogP contribution is -2.43. The normalized spacial score (nSPS) is 17.2. The molecule has 2 aromatic rings. The van der Waals surface area contributed by atoms with Crippen molar-refractivity contribution < 1.29 is 13.2 Å². The van der Waals surface area contributed by atoms with Gasteiger partial charge in [0.2, 0.25) is 15.9 Å². The summed E-state index contributed by atoms with van der Waals surface area (Å²) < 4.78 is 27.3. The number of sulfonamides is 1. The molecule has 0 saturated carbocycles. The summed E-state index contributed by atoms with van der Waals surface area (Å²) in [5.74, 6) is -0.0838. The van der Waals surface area contributed by atoms with Gasteiger partial charge in [0.1, 0.15) is 4.90 Å². The lowest BCUT2D eigenvalue weighted by Gasteiger charge is -2.28. The standard InChI is InChI=1S/C20H24ClN3O3S/c1-15-13-23(2)18-9-5-3-7-16(18)14-24(15)20(25)11-12-22-28(26,27)19-10-6-4-8-17(19)21/h3-10,15,22H,11-14H2,1-2H3/t15-/m0/s1. The van der Waals surface area contributed by atoms with E-state index in [0.29, 0.717) is 13.1 Å². The summed E-state index contributed by atoms with van der Waals surface area (Å²) in [5.41, 5.74) is 2.20. The second kappa shape index (κ2) is 8.51. The number of hydrogen-bond donors (Lipinski definition) is 1. The van der Waals surface area contributed by atoms with Gasteiger partial charge in [-0.05, 0) is 30.7 Å². The molecule has 1 heterocycles. The molecule has 150 valence electrons. The molecule has 28 heavy (non-hydrogen) atoms. The number of rotatable bonds is 5. The second-order valence-corrected chi connectivity index (χ2v) is 9.10. The first-order chi connectivity index (χ1) is 13.3. The number of carbonyl (C=O) groups excluding carboxylic acids is 1. The molecule has 6 nitrogen and oxygen atoms in total. The van der Waals surface area contributed by atoms with Crippen LogP contribution in [0.25, 0.3) is 0 Å². The van der Waals surface area contributed by atoms with Gasteiger partial charge in [0, 0.05) is 44.8 Å². The predicted molar refractivity (Wildman–Crippen MR) is 111 cm³/mol. The van der Waals surface area contributed by atoms with Crippen molar-refractivity contribution in [2.24, 2.45) is 0 Å². The van der Waals surface area contributed by atoms with Gasteiger partial charge in [-0.2, -0.15) is 0 Å². The van der Waals surface area contributed by atoms with Crippen LogP contribution in [0.3, 0.4) is 0 Å². The number of likely N-dealkylation sites (N-methyl/N-ethyl adjacent to an activating group) is 1. The molecule has 1 atom stereocenters. The lowest BCUT2D eigenvalue weighted by molar-refractivity contribution is -0.133. The summed E-state index contributed by atoms with van der Waals surface area (Å²) in [6.45, 7) is 3.26. The fraction of sp³-hybridized carbons (Fsp3) is 0.350. The molecule has 1 amide bonds. The molecule has 3 rings (SSSR count). The topological polar surface area (TPSA) is 69.7 Å². The van der Waals surface area contributed by atoms with Crippen molar-refractivity contribution in [3.8, 4) is 0 Å². The zero-order valence-electron chi connectivity index (χ0n) is 15.9. The quantitative estimate of drug-likeness (QED) is 0.805. The van der Waals surface area contributed by atoms with Gasteiger partial charge in [-0.25, -0.2) is 13.1 Å². The number of fused-ring (bicyclic) bond motifs is 1. The molecule has 0 spiro atoms. The number of halogens is 1. The third-order valence-electron chi connectivity index (χ3n) is 4.89. The number of para-hydroxylation sites is 1. The highest BCUT2D eigenvalue weighted by atomic mass is 35.5. The van der Waals surface area contributed by atoms with E-state index in [0.717, 1.165) is 11.3 Å². The van der Waals surface area contributed by atoms with Gasteiger partial charge in [-0.1, -0.05) is 41.9 Å². The van der Waals surface area contributed by atoms with E-state index in [2.05, 4.69) is 9.62 Å². The number of benzene rings is 2. The third-order valence-corrected chi connectivity index (χ3v) is 6.85. The predicted octanol–water partition coefficient (Wildman–Crippen LogP) is 2.88. The minimum atomic E-state index is -3.76. The Morgan fingerprint density at radius 1 is 1.18 bits per heavy atom. The van der Waals surface area contributed by atoms with E-state index in [9.17, 15) is 13.2 Å². The summed E-state index contributed by atoms with van der Waals surface area (Å²) in [6.07, 6.45) is 0.0832. The summed E-state index contributed by atoms with van der Waals surface area (Å²) in [7, 11) is -1.74. The first-order valence-electron chi connectivity index (χ1n) is 9.12. The lowest BCUT2D eigenvalue weighted by atomic mass is 10.1. The fourth-order valence-electron chi connectivity index (χ4n) is 3.46. The smallest absolute Gasteiger partial charge is 0.242 e. The Bertz CT molecular complexity index is 965. The second-order valence-electron chi connectivity index (χ2n) is 6.96. The van der Waals surface area contributed by atoms with Gasteiger partial charge in [-0.3, -0.25) is 4.79 Å². The number of amides is 1. The largest absolute Gasteiger partial charge is 0.372 e. The van der Waals surface area contributed by atoms with Crippen LogP contribution < -0.4 is 9.62 Å². The van der Waals surface area contributed by atoms with E-state index in [1.807, 2.05) is 43.1 Å². The SMILES string of the molecule is C[C@H]1CN(C)c2ccccc2CN1C(=O)CCNS(=O)(=O)c1ccccc1Cl. The molecular formula is C20H24ClN3O3S. The number of hydrogen-bond acceptors (Lipinski definition) is 4. The monoisotopic (exact) mass is 421 g/mol. The molecule has 0 bridgehead atoms.